The second-order valence-corrected chi connectivity index (χ2v) is 7.54. The van der Waals surface area contributed by atoms with Crippen molar-refractivity contribution in [3.8, 4) is 0 Å². The summed E-state index contributed by atoms with van der Waals surface area (Å²) in [6.45, 7) is 2.83. The van der Waals surface area contributed by atoms with E-state index in [1.165, 1.54) is 0 Å². The van der Waals surface area contributed by atoms with Crippen molar-refractivity contribution >= 4 is 34.0 Å². The molecule has 0 radical (unpaired) electrons. The van der Waals surface area contributed by atoms with Gasteiger partial charge in [0.2, 0.25) is 5.95 Å². The number of aromatic amines is 1. The maximum absolute atomic E-state index is 9.71. The first-order chi connectivity index (χ1) is 13.7. The van der Waals surface area contributed by atoms with Crippen LogP contribution in [0.25, 0.3) is 16.6 Å². The van der Waals surface area contributed by atoms with Crippen LogP contribution >= 0.6 is 0 Å². The van der Waals surface area contributed by atoms with Gasteiger partial charge in [-0.05, 0) is 62.4 Å². The Balaban J connectivity index is 1.36. The molecule has 4 N–H and O–H groups in total. The van der Waals surface area contributed by atoms with Gasteiger partial charge >= 0.3 is 0 Å². The average molecular weight is 377 g/mol. The number of aliphatic hydroxyl groups excluding tert-OH is 1. The molecular weight excluding hydrogens is 354 g/mol. The standard InChI is InChI=1S/C20H23N7O/c1-12-16-8-6-14(10-17(16)25-24-12)22-20-23-19-4-2-3-18(27(19)26-20)21-11-13-5-7-15(28)9-13/h2-4,6,8,10,13,15,21,28H,5,7,9,11H2,1H3,(H,22,26)(H,24,25)/t13-,15-/m0/s1. The van der Waals surface area contributed by atoms with Gasteiger partial charge in [-0.25, -0.2) is 0 Å². The van der Waals surface area contributed by atoms with Crippen molar-refractivity contribution < 1.29 is 5.11 Å². The monoisotopic (exact) mass is 377 g/mol. The first-order valence-electron chi connectivity index (χ1n) is 9.65. The molecule has 8 nitrogen and oxygen atoms in total. The fourth-order valence-corrected chi connectivity index (χ4v) is 3.93. The highest BCUT2D eigenvalue weighted by Gasteiger charge is 2.22. The molecule has 0 amide bonds. The molecule has 1 aliphatic rings. The van der Waals surface area contributed by atoms with Gasteiger partial charge < -0.3 is 15.7 Å². The number of anilines is 3. The van der Waals surface area contributed by atoms with Crippen LogP contribution < -0.4 is 10.6 Å². The lowest BCUT2D eigenvalue weighted by molar-refractivity contribution is 0.178. The molecule has 28 heavy (non-hydrogen) atoms. The summed E-state index contributed by atoms with van der Waals surface area (Å²) in [5.41, 5.74) is 3.63. The van der Waals surface area contributed by atoms with Gasteiger partial charge in [-0.1, -0.05) is 6.07 Å². The minimum Gasteiger partial charge on any atom is -0.393 e. The van der Waals surface area contributed by atoms with E-state index in [1.54, 1.807) is 0 Å². The molecule has 0 aliphatic heterocycles. The summed E-state index contributed by atoms with van der Waals surface area (Å²) in [4.78, 5) is 4.58. The lowest BCUT2D eigenvalue weighted by Crippen LogP contribution is -2.14. The summed E-state index contributed by atoms with van der Waals surface area (Å²) in [5, 5.41) is 29.5. The van der Waals surface area contributed by atoms with E-state index < -0.39 is 0 Å². The highest BCUT2D eigenvalue weighted by Crippen LogP contribution is 2.26. The number of fused-ring (bicyclic) bond motifs is 2. The van der Waals surface area contributed by atoms with E-state index in [2.05, 4.69) is 30.9 Å². The third-order valence-electron chi connectivity index (χ3n) is 5.45. The van der Waals surface area contributed by atoms with E-state index in [1.807, 2.05) is 47.8 Å². The minimum atomic E-state index is -0.152. The number of pyridine rings is 1. The minimum absolute atomic E-state index is 0.152. The Bertz CT molecular complexity index is 1130. The van der Waals surface area contributed by atoms with E-state index in [0.717, 1.165) is 59.6 Å². The van der Waals surface area contributed by atoms with Gasteiger partial charge in [-0.3, -0.25) is 5.10 Å². The second kappa shape index (κ2) is 6.79. The molecule has 0 unspecified atom stereocenters. The van der Waals surface area contributed by atoms with E-state index in [9.17, 15) is 5.11 Å². The molecule has 1 fully saturated rings. The molecule has 1 aromatic carbocycles. The van der Waals surface area contributed by atoms with Crippen LogP contribution in [-0.2, 0) is 0 Å². The summed E-state index contributed by atoms with van der Waals surface area (Å²) in [6.07, 6.45) is 2.67. The Morgan fingerprint density at radius 2 is 2.18 bits per heavy atom. The molecule has 0 saturated heterocycles. The quantitative estimate of drug-likeness (QED) is 0.426. The van der Waals surface area contributed by atoms with Crippen LogP contribution in [0.3, 0.4) is 0 Å². The maximum Gasteiger partial charge on any atom is 0.247 e. The van der Waals surface area contributed by atoms with Crippen LogP contribution in [0.15, 0.2) is 36.4 Å². The van der Waals surface area contributed by atoms with Gasteiger partial charge in [-0.2, -0.15) is 14.6 Å². The SMILES string of the molecule is Cc1[nH]nc2cc(Nc3nc4cccc(NC[C@H]5CC[C@H](O)C5)n4n3)ccc12. The number of nitrogens with zero attached hydrogens (tertiary/aromatic N) is 4. The van der Waals surface area contributed by atoms with E-state index in [-0.39, 0.29) is 6.10 Å². The number of benzene rings is 1. The van der Waals surface area contributed by atoms with Gasteiger partial charge in [0.25, 0.3) is 0 Å². The number of H-pyrrole nitrogens is 1. The number of aromatic nitrogens is 5. The predicted molar refractivity (Wildman–Crippen MR) is 109 cm³/mol. The lowest BCUT2D eigenvalue weighted by Gasteiger charge is -2.12. The third kappa shape index (κ3) is 3.16. The molecule has 1 saturated carbocycles. The smallest absolute Gasteiger partial charge is 0.247 e. The molecule has 8 heteroatoms. The molecule has 4 aromatic rings. The van der Waals surface area contributed by atoms with Crippen LogP contribution in [0.2, 0.25) is 0 Å². The molecule has 1 aliphatic carbocycles. The van der Waals surface area contributed by atoms with Crippen molar-refractivity contribution in [2.45, 2.75) is 32.3 Å². The summed E-state index contributed by atoms with van der Waals surface area (Å²) < 4.78 is 1.81. The molecule has 0 bridgehead atoms. The second-order valence-electron chi connectivity index (χ2n) is 7.54. The number of rotatable bonds is 5. The lowest BCUT2D eigenvalue weighted by atomic mass is 10.1. The Morgan fingerprint density at radius 3 is 3.04 bits per heavy atom. The topological polar surface area (TPSA) is 103 Å². The summed E-state index contributed by atoms with van der Waals surface area (Å²) >= 11 is 0. The highest BCUT2D eigenvalue weighted by molar-refractivity contribution is 5.85. The van der Waals surface area contributed by atoms with Gasteiger partial charge in [0, 0.05) is 23.3 Å². The number of aryl methyl sites for hydroxylation is 1. The zero-order valence-electron chi connectivity index (χ0n) is 15.7. The maximum atomic E-state index is 9.71. The Hall–Kier alpha value is -3.13. The molecule has 144 valence electrons. The van der Waals surface area contributed by atoms with Crippen molar-refractivity contribution in [3.05, 3.63) is 42.1 Å². The number of nitrogens with one attached hydrogen (secondary N) is 3. The van der Waals surface area contributed by atoms with Gasteiger partial charge in [0.15, 0.2) is 5.65 Å². The number of hydrogen-bond acceptors (Lipinski definition) is 6. The molecule has 3 heterocycles. The van der Waals surface area contributed by atoms with Crippen LogP contribution in [0, 0.1) is 12.8 Å². The van der Waals surface area contributed by atoms with Crippen molar-refractivity contribution in [2.24, 2.45) is 5.92 Å². The first-order valence-corrected chi connectivity index (χ1v) is 9.65. The largest absolute Gasteiger partial charge is 0.393 e. The molecule has 5 rings (SSSR count). The van der Waals surface area contributed by atoms with Crippen molar-refractivity contribution in [1.29, 1.82) is 0 Å². The molecular formula is C20H23N7O. The van der Waals surface area contributed by atoms with Crippen LogP contribution in [0.4, 0.5) is 17.5 Å². The Morgan fingerprint density at radius 1 is 1.25 bits per heavy atom. The molecule has 0 spiro atoms. The van der Waals surface area contributed by atoms with Gasteiger partial charge in [-0.15, -0.1) is 5.10 Å². The number of hydrogen-bond donors (Lipinski definition) is 4. The first kappa shape index (κ1) is 17.0. The van der Waals surface area contributed by atoms with Crippen molar-refractivity contribution in [2.75, 3.05) is 17.2 Å². The van der Waals surface area contributed by atoms with Crippen LogP contribution in [0.1, 0.15) is 25.0 Å². The average Bonchev–Trinajstić information content (AvgIpc) is 3.39. The van der Waals surface area contributed by atoms with Crippen molar-refractivity contribution in [1.82, 2.24) is 24.8 Å². The van der Waals surface area contributed by atoms with Crippen LogP contribution in [-0.4, -0.2) is 42.6 Å². The molecule has 3 aromatic heterocycles. The zero-order chi connectivity index (χ0) is 19.1. The highest BCUT2D eigenvalue weighted by atomic mass is 16.3. The summed E-state index contributed by atoms with van der Waals surface area (Å²) in [7, 11) is 0. The normalized spacial score (nSPS) is 19.5. The Labute approximate surface area is 162 Å². The predicted octanol–water partition coefficient (Wildman–Crippen LogP) is 3.23. The van der Waals surface area contributed by atoms with Gasteiger partial charge in [0.05, 0.1) is 11.6 Å². The van der Waals surface area contributed by atoms with E-state index in [0.29, 0.717) is 11.9 Å². The summed E-state index contributed by atoms with van der Waals surface area (Å²) in [5.74, 6) is 1.94. The molecule has 2 atom stereocenters. The fourth-order valence-electron chi connectivity index (χ4n) is 3.93. The van der Waals surface area contributed by atoms with E-state index in [4.69, 9.17) is 0 Å². The van der Waals surface area contributed by atoms with E-state index >= 15 is 0 Å². The number of aliphatic hydroxyl groups is 1. The third-order valence-corrected chi connectivity index (χ3v) is 5.45. The van der Waals surface area contributed by atoms with Gasteiger partial charge in [0.1, 0.15) is 5.82 Å². The Kier molecular flexibility index (Phi) is 4.12. The van der Waals surface area contributed by atoms with Crippen LogP contribution in [0.5, 0.6) is 0 Å². The summed E-state index contributed by atoms with van der Waals surface area (Å²) in [6, 6.07) is 11.9. The zero-order valence-corrected chi connectivity index (χ0v) is 15.7. The van der Waals surface area contributed by atoms with Crippen molar-refractivity contribution in [3.63, 3.8) is 0 Å². The fraction of sp³-hybridized carbons (Fsp3) is 0.350.